The summed E-state index contributed by atoms with van der Waals surface area (Å²) in [6.45, 7) is 3.74. The van der Waals surface area contributed by atoms with Crippen LogP contribution >= 0.6 is 0 Å². The van der Waals surface area contributed by atoms with Crippen LogP contribution in [0.2, 0.25) is 0 Å². The largest absolute Gasteiger partial charge is 0.481 e. The highest BCUT2D eigenvalue weighted by Gasteiger charge is 1.97. The molecule has 0 saturated heterocycles. The summed E-state index contributed by atoms with van der Waals surface area (Å²) in [4.78, 5) is 10.2. The molecular formula is C10H11O2. The number of hydrogen-bond donors (Lipinski definition) is 1. The Morgan fingerprint density at radius 3 is 2.42 bits per heavy atom. The zero-order valence-electron chi connectivity index (χ0n) is 6.79. The van der Waals surface area contributed by atoms with Crippen LogP contribution in [0.1, 0.15) is 17.5 Å². The van der Waals surface area contributed by atoms with Crippen molar-refractivity contribution in [3.63, 3.8) is 0 Å². The zero-order chi connectivity index (χ0) is 8.97. The Bertz CT molecular complexity index is 262. The second kappa shape index (κ2) is 3.90. The van der Waals surface area contributed by atoms with Gasteiger partial charge in [-0.15, -0.1) is 0 Å². The average Bonchev–Trinajstić information content (AvgIpc) is 2.03. The lowest BCUT2D eigenvalue weighted by Gasteiger charge is -1.98. The van der Waals surface area contributed by atoms with Gasteiger partial charge in [-0.3, -0.25) is 4.79 Å². The van der Waals surface area contributed by atoms with E-state index in [2.05, 4.69) is 6.92 Å². The van der Waals surface area contributed by atoms with Crippen LogP contribution in [0.3, 0.4) is 0 Å². The van der Waals surface area contributed by atoms with Gasteiger partial charge in [0.1, 0.15) is 0 Å². The third-order valence-electron chi connectivity index (χ3n) is 1.65. The molecule has 0 aliphatic heterocycles. The average molecular weight is 163 g/mol. The van der Waals surface area contributed by atoms with Crippen molar-refractivity contribution in [2.24, 2.45) is 0 Å². The molecule has 1 N–H and O–H groups in total. The zero-order valence-corrected chi connectivity index (χ0v) is 6.79. The Balaban J connectivity index is 2.53. The van der Waals surface area contributed by atoms with Crippen LogP contribution in [0.15, 0.2) is 24.3 Å². The quantitative estimate of drug-likeness (QED) is 0.738. The van der Waals surface area contributed by atoms with Crippen LogP contribution in [0, 0.1) is 6.92 Å². The molecule has 2 heteroatoms. The van der Waals surface area contributed by atoms with Crippen molar-refractivity contribution in [3.8, 4) is 0 Å². The third-order valence-corrected chi connectivity index (χ3v) is 1.65. The molecule has 2 nitrogen and oxygen atoms in total. The second-order valence-corrected chi connectivity index (χ2v) is 2.71. The van der Waals surface area contributed by atoms with Gasteiger partial charge in [-0.2, -0.15) is 0 Å². The number of aryl methyl sites for hydroxylation is 1. The number of carboxylic acids is 1. The molecule has 1 aromatic carbocycles. The van der Waals surface area contributed by atoms with Crippen molar-refractivity contribution in [1.82, 2.24) is 0 Å². The summed E-state index contributed by atoms with van der Waals surface area (Å²) in [5.41, 5.74) is 2.00. The highest BCUT2D eigenvalue weighted by molar-refractivity contribution is 5.67. The maximum absolute atomic E-state index is 10.2. The van der Waals surface area contributed by atoms with Crippen molar-refractivity contribution in [2.75, 3.05) is 0 Å². The monoisotopic (exact) mass is 163 g/mol. The summed E-state index contributed by atoms with van der Waals surface area (Å²) in [6, 6.07) is 7.59. The van der Waals surface area contributed by atoms with Gasteiger partial charge in [0.05, 0.1) is 0 Å². The van der Waals surface area contributed by atoms with Gasteiger partial charge in [0.15, 0.2) is 0 Å². The predicted molar refractivity (Wildman–Crippen MR) is 46.9 cm³/mol. The van der Waals surface area contributed by atoms with E-state index < -0.39 is 5.97 Å². The first-order valence-corrected chi connectivity index (χ1v) is 3.81. The molecule has 0 aliphatic carbocycles. The Labute approximate surface area is 71.8 Å². The van der Waals surface area contributed by atoms with Gasteiger partial charge < -0.3 is 5.11 Å². The minimum absolute atomic E-state index is 0.191. The summed E-state index contributed by atoms with van der Waals surface area (Å²) < 4.78 is 0. The fourth-order valence-electron chi connectivity index (χ4n) is 0.957. The van der Waals surface area contributed by atoms with Crippen LogP contribution in [0.5, 0.6) is 0 Å². The molecule has 12 heavy (non-hydrogen) atoms. The molecule has 0 amide bonds. The van der Waals surface area contributed by atoms with E-state index in [9.17, 15) is 4.79 Å². The topological polar surface area (TPSA) is 37.3 Å². The molecule has 0 heterocycles. The Morgan fingerprint density at radius 2 is 1.92 bits per heavy atom. The fourth-order valence-corrected chi connectivity index (χ4v) is 0.957. The smallest absolute Gasteiger partial charge is 0.303 e. The van der Waals surface area contributed by atoms with Crippen molar-refractivity contribution in [2.45, 2.75) is 12.8 Å². The summed E-state index contributed by atoms with van der Waals surface area (Å²) in [6.07, 6.45) is 0.784. The Kier molecular flexibility index (Phi) is 2.86. The molecule has 0 aliphatic rings. The molecule has 0 saturated carbocycles. The van der Waals surface area contributed by atoms with E-state index in [0.29, 0.717) is 6.42 Å². The van der Waals surface area contributed by atoms with Crippen molar-refractivity contribution >= 4 is 5.97 Å². The summed E-state index contributed by atoms with van der Waals surface area (Å²) >= 11 is 0. The van der Waals surface area contributed by atoms with E-state index >= 15 is 0 Å². The van der Waals surface area contributed by atoms with Gasteiger partial charge in [0, 0.05) is 6.42 Å². The van der Waals surface area contributed by atoms with Gasteiger partial charge in [-0.25, -0.2) is 0 Å². The molecule has 1 aromatic rings. The van der Waals surface area contributed by atoms with Crippen molar-refractivity contribution in [3.05, 3.63) is 42.3 Å². The summed E-state index contributed by atoms with van der Waals surface area (Å²) in [5, 5.41) is 8.42. The first kappa shape index (κ1) is 8.78. The third kappa shape index (κ3) is 2.74. The number of carboxylic acid groups (broad SMARTS) is 1. The minimum atomic E-state index is -0.756. The molecular weight excluding hydrogens is 152 g/mol. The van der Waals surface area contributed by atoms with Crippen LogP contribution in [-0.4, -0.2) is 11.1 Å². The van der Waals surface area contributed by atoms with E-state index in [0.717, 1.165) is 11.1 Å². The van der Waals surface area contributed by atoms with Crippen molar-refractivity contribution < 1.29 is 9.90 Å². The Hall–Kier alpha value is -1.31. The van der Waals surface area contributed by atoms with Crippen LogP contribution < -0.4 is 0 Å². The van der Waals surface area contributed by atoms with Gasteiger partial charge in [-0.05, 0) is 24.5 Å². The van der Waals surface area contributed by atoms with E-state index in [1.807, 2.05) is 24.3 Å². The predicted octanol–water partition coefficient (Wildman–Crippen LogP) is 1.89. The SMILES string of the molecule is [CH2]c1ccc(CCC(=O)O)cc1. The summed E-state index contributed by atoms with van der Waals surface area (Å²) in [5.74, 6) is -0.756. The fraction of sp³-hybridized carbons (Fsp3) is 0.200. The van der Waals surface area contributed by atoms with Gasteiger partial charge >= 0.3 is 5.97 Å². The maximum Gasteiger partial charge on any atom is 0.303 e. The van der Waals surface area contributed by atoms with Crippen LogP contribution in [-0.2, 0) is 11.2 Å². The van der Waals surface area contributed by atoms with E-state index in [1.54, 1.807) is 0 Å². The highest BCUT2D eigenvalue weighted by atomic mass is 16.4. The van der Waals surface area contributed by atoms with E-state index in [1.165, 1.54) is 0 Å². The van der Waals surface area contributed by atoms with Crippen LogP contribution in [0.4, 0.5) is 0 Å². The van der Waals surface area contributed by atoms with E-state index in [-0.39, 0.29) is 6.42 Å². The molecule has 1 radical (unpaired) electrons. The molecule has 0 atom stereocenters. The molecule has 0 spiro atoms. The van der Waals surface area contributed by atoms with Gasteiger partial charge in [0.2, 0.25) is 0 Å². The van der Waals surface area contributed by atoms with Gasteiger partial charge in [-0.1, -0.05) is 24.3 Å². The molecule has 0 unspecified atom stereocenters. The number of benzene rings is 1. The maximum atomic E-state index is 10.2. The highest BCUT2D eigenvalue weighted by Crippen LogP contribution is 2.05. The summed E-state index contributed by atoms with van der Waals surface area (Å²) in [7, 11) is 0. The van der Waals surface area contributed by atoms with Gasteiger partial charge in [0.25, 0.3) is 0 Å². The standard InChI is InChI=1S/C10H11O2/c1-8-2-4-9(5-3-8)6-7-10(11)12/h2-5H,1,6-7H2,(H,11,12). The normalized spacial score (nSPS) is 9.75. The number of rotatable bonds is 3. The lowest BCUT2D eigenvalue weighted by Crippen LogP contribution is -1.97. The minimum Gasteiger partial charge on any atom is -0.481 e. The molecule has 0 fully saturated rings. The number of aliphatic carboxylic acids is 1. The molecule has 0 aromatic heterocycles. The van der Waals surface area contributed by atoms with Crippen LogP contribution in [0.25, 0.3) is 0 Å². The first-order valence-electron chi connectivity index (χ1n) is 3.81. The lowest BCUT2D eigenvalue weighted by molar-refractivity contribution is -0.136. The van der Waals surface area contributed by atoms with Crippen molar-refractivity contribution in [1.29, 1.82) is 0 Å². The number of hydrogen-bond acceptors (Lipinski definition) is 1. The Morgan fingerprint density at radius 1 is 1.33 bits per heavy atom. The second-order valence-electron chi connectivity index (χ2n) is 2.71. The molecule has 0 bridgehead atoms. The molecule has 1 rings (SSSR count). The van der Waals surface area contributed by atoms with E-state index in [4.69, 9.17) is 5.11 Å². The first-order chi connectivity index (χ1) is 5.68. The lowest BCUT2D eigenvalue weighted by atomic mass is 10.1. The molecule has 63 valence electrons. The number of carbonyl (C=O) groups is 1.